The number of aryl methyl sites for hydroxylation is 1. The molecule has 0 aliphatic rings. The van der Waals surface area contributed by atoms with E-state index in [0.717, 1.165) is 16.1 Å². The minimum atomic E-state index is -0.545. The van der Waals surface area contributed by atoms with Crippen molar-refractivity contribution in [3.63, 3.8) is 0 Å². The zero-order valence-corrected chi connectivity index (χ0v) is 14.8. The van der Waals surface area contributed by atoms with E-state index in [0.29, 0.717) is 5.69 Å². The summed E-state index contributed by atoms with van der Waals surface area (Å²) in [6.07, 6.45) is -0.00889. The van der Waals surface area contributed by atoms with Crippen LogP contribution in [0.1, 0.15) is 11.3 Å². The highest BCUT2D eigenvalue weighted by molar-refractivity contribution is 7.13. The number of nitrogens with zero attached hydrogens (tertiary/aromatic N) is 1. The molecule has 25 heavy (non-hydrogen) atoms. The molecular weight excluding hydrogens is 342 g/mol. The standard InChI is InChI=1S/C17H19N3O4S/c1-11-4-3-5-12(6-11)17-20-13(10-25-17)7-16(23)24-9-15(22)19-8-14(21)18-2/h3-6,10H,7-9H2,1-2H3,(H,18,21)(H,19,22). The van der Waals surface area contributed by atoms with E-state index >= 15 is 0 Å². The van der Waals surface area contributed by atoms with E-state index in [1.54, 1.807) is 5.38 Å². The van der Waals surface area contributed by atoms with Crippen LogP contribution in [-0.4, -0.2) is 43.0 Å². The molecule has 132 valence electrons. The van der Waals surface area contributed by atoms with Crippen LogP contribution in [0.4, 0.5) is 0 Å². The number of hydrogen-bond acceptors (Lipinski definition) is 6. The first-order valence-corrected chi connectivity index (χ1v) is 8.50. The van der Waals surface area contributed by atoms with Crippen molar-refractivity contribution in [2.45, 2.75) is 13.3 Å². The number of carbonyl (C=O) groups is 3. The fourth-order valence-electron chi connectivity index (χ4n) is 1.96. The number of amides is 2. The van der Waals surface area contributed by atoms with Crippen LogP contribution in [0.3, 0.4) is 0 Å². The second kappa shape index (κ2) is 8.93. The molecule has 1 aromatic heterocycles. The Hall–Kier alpha value is -2.74. The van der Waals surface area contributed by atoms with Crippen molar-refractivity contribution in [2.24, 2.45) is 0 Å². The quantitative estimate of drug-likeness (QED) is 0.719. The molecular formula is C17H19N3O4S. The van der Waals surface area contributed by atoms with Gasteiger partial charge < -0.3 is 15.4 Å². The zero-order chi connectivity index (χ0) is 18.2. The Morgan fingerprint density at radius 3 is 2.76 bits per heavy atom. The van der Waals surface area contributed by atoms with Gasteiger partial charge in [-0.15, -0.1) is 11.3 Å². The lowest BCUT2D eigenvalue weighted by Gasteiger charge is -2.05. The van der Waals surface area contributed by atoms with Gasteiger partial charge in [-0.2, -0.15) is 0 Å². The Morgan fingerprint density at radius 2 is 2.04 bits per heavy atom. The lowest BCUT2D eigenvalue weighted by atomic mass is 10.1. The first-order valence-electron chi connectivity index (χ1n) is 7.62. The number of thiazole rings is 1. The van der Waals surface area contributed by atoms with Gasteiger partial charge in [-0.3, -0.25) is 14.4 Å². The molecule has 0 radical (unpaired) electrons. The number of nitrogens with one attached hydrogen (secondary N) is 2. The first kappa shape index (κ1) is 18.6. The Bertz CT molecular complexity index is 773. The van der Waals surface area contributed by atoms with Gasteiger partial charge in [0.2, 0.25) is 5.91 Å². The Kier molecular flexibility index (Phi) is 6.64. The maximum absolute atomic E-state index is 11.8. The van der Waals surface area contributed by atoms with Gasteiger partial charge in [-0.25, -0.2) is 4.98 Å². The van der Waals surface area contributed by atoms with E-state index < -0.39 is 18.5 Å². The van der Waals surface area contributed by atoms with Gasteiger partial charge >= 0.3 is 5.97 Å². The van der Waals surface area contributed by atoms with Crippen LogP contribution in [0.25, 0.3) is 10.6 Å². The van der Waals surface area contributed by atoms with Gasteiger partial charge in [0.15, 0.2) is 6.61 Å². The molecule has 2 aromatic rings. The number of benzene rings is 1. The highest BCUT2D eigenvalue weighted by Gasteiger charge is 2.12. The maximum Gasteiger partial charge on any atom is 0.312 e. The predicted molar refractivity (Wildman–Crippen MR) is 94.0 cm³/mol. The molecule has 0 spiro atoms. The van der Waals surface area contributed by atoms with Crippen molar-refractivity contribution in [1.29, 1.82) is 0 Å². The van der Waals surface area contributed by atoms with Gasteiger partial charge in [-0.1, -0.05) is 23.8 Å². The molecule has 2 amide bonds. The number of ether oxygens (including phenoxy) is 1. The third-order valence-electron chi connectivity index (χ3n) is 3.23. The third kappa shape index (κ3) is 6.00. The molecule has 7 nitrogen and oxygen atoms in total. The van der Waals surface area contributed by atoms with Crippen molar-refractivity contribution < 1.29 is 19.1 Å². The largest absolute Gasteiger partial charge is 0.455 e. The molecule has 2 rings (SSSR count). The summed E-state index contributed by atoms with van der Waals surface area (Å²) in [6, 6.07) is 7.95. The predicted octanol–water partition coefficient (Wildman–Crippen LogP) is 1.07. The Balaban J connectivity index is 1.81. The van der Waals surface area contributed by atoms with Gasteiger partial charge in [0.1, 0.15) is 5.01 Å². The summed E-state index contributed by atoms with van der Waals surface area (Å²) < 4.78 is 4.89. The topological polar surface area (TPSA) is 97.4 Å². The van der Waals surface area contributed by atoms with Gasteiger partial charge in [0.05, 0.1) is 18.7 Å². The molecule has 2 N–H and O–H groups in total. The smallest absolute Gasteiger partial charge is 0.312 e. The number of hydrogen-bond donors (Lipinski definition) is 2. The van der Waals surface area contributed by atoms with Crippen LogP contribution in [0, 0.1) is 6.92 Å². The second-order valence-corrected chi connectivity index (χ2v) is 6.16. The molecule has 0 bridgehead atoms. The average Bonchev–Trinajstić information content (AvgIpc) is 3.06. The van der Waals surface area contributed by atoms with Crippen molar-refractivity contribution in [2.75, 3.05) is 20.2 Å². The lowest BCUT2D eigenvalue weighted by Crippen LogP contribution is -2.37. The van der Waals surface area contributed by atoms with Crippen molar-refractivity contribution in [3.05, 3.63) is 40.9 Å². The lowest BCUT2D eigenvalue weighted by molar-refractivity contribution is -0.148. The van der Waals surface area contributed by atoms with Gasteiger partial charge in [-0.05, 0) is 13.0 Å². The molecule has 1 heterocycles. The van der Waals surface area contributed by atoms with E-state index in [1.165, 1.54) is 18.4 Å². The fraction of sp³-hybridized carbons (Fsp3) is 0.294. The van der Waals surface area contributed by atoms with Crippen molar-refractivity contribution in [1.82, 2.24) is 15.6 Å². The summed E-state index contributed by atoms with van der Waals surface area (Å²) in [7, 11) is 1.47. The number of likely N-dealkylation sites (N-methyl/N-ethyl adjacent to an activating group) is 1. The summed E-state index contributed by atoms with van der Waals surface area (Å²) in [4.78, 5) is 38.7. The summed E-state index contributed by atoms with van der Waals surface area (Å²) in [5.41, 5.74) is 2.73. The van der Waals surface area contributed by atoms with E-state index in [4.69, 9.17) is 4.74 Å². The third-order valence-corrected chi connectivity index (χ3v) is 4.17. The molecule has 0 saturated heterocycles. The molecule has 0 aliphatic heterocycles. The maximum atomic E-state index is 11.8. The summed E-state index contributed by atoms with van der Waals surface area (Å²) in [5.74, 6) is -1.40. The number of rotatable bonds is 7. The number of aromatic nitrogens is 1. The molecule has 0 atom stereocenters. The summed E-state index contributed by atoms with van der Waals surface area (Å²) in [5, 5.41) is 7.34. The van der Waals surface area contributed by atoms with E-state index in [2.05, 4.69) is 15.6 Å². The number of esters is 1. The van der Waals surface area contributed by atoms with E-state index in [-0.39, 0.29) is 18.9 Å². The SMILES string of the molecule is CNC(=O)CNC(=O)COC(=O)Cc1csc(-c2cccc(C)c2)n1. The van der Waals surface area contributed by atoms with Crippen molar-refractivity contribution >= 4 is 29.1 Å². The van der Waals surface area contributed by atoms with Crippen LogP contribution >= 0.6 is 11.3 Å². The summed E-state index contributed by atoms with van der Waals surface area (Å²) >= 11 is 1.45. The fourth-order valence-corrected chi connectivity index (χ4v) is 2.78. The van der Waals surface area contributed by atoms with Crippen LogP contribution in [0.5, 0.6) is 0 Å². The minimum Gasteiger partial charge on any atom is -0.455 e. The molecule has 8 heteroatoms. The molecule has 0 fully saturated rings. The molecule has 1 aromatic carbocycles. The first-order chi connectivity index (χ1) is 12.0. The van der Waals surface area contributed by atoms with Gasteiger partial charge in [0.25, 0.3) is 5.91 Å². The number of carbonyl (C=O) groups excluding carboxylic acids is 3. The minimum absolute atomic E-state index is 0.00889. The average molecular weight is 361 g/mol. The summed E-state index contributed by atoms with van der Waals surface area (Å²) in [6.45, 7) is 1.42. The second-order valence-electron chi connectivity index (χ2n) is 5.30. The van der Waals surface area contributed by atoms with Crippen LogP contribution in [0.2, 0.25) is 0 Å². The highest BCUT2D eigenvalue weighted by atomic mass is 32.1. The monoisotopic (exact) mass is 361 g/mol. The van der Waals surface area contributed by atoms with Crippen LogP contribution in [0.15, 0.2) is 29.6 Å². The van der Waals surface area contributed by atoms with Crippen LogP contribution in [-0.2, 0) is 25.5 Å². The van der Waals surface area contributed by atoms with Gasteiger partial charge in [0, 0.05) is 18.0 Å². The Morgan fingerprint density at radius 1 is 1.24 bits per heavy atom. The molecule has 0 unspecified atom stereocenters. The normalized spacial score (nSPS) is 10.2. The van der Waals surface area contributed by atoms with E-state index in [1.807, 2.05) is 31.2 Å². The van der Waals surface area contributed by atoms with Crippen LogP contribution < -0.4 is 10.6 Å². The Labute approximate surface area is 149 Å². The van der Waals surface area contributed by atoms with E-state index in [9.17, 15) is 14.4 Å². The zero-order valence-electron chi connectivity index (χ0n) is 14.0. The highest BCUT2D eigenvalue weighted by Crippen LogP contribution is 2.24. The van der Waals surface area contributed by atoms with Crippen molar-refractivity contribution in [3.8, 4) is 10.6 Å². The molecule has 0 aliphatic carbocycles. The molecule has 0 saturated carbocycles.